The van der Waals surface area contributed by atoms with Crippen molar-refractivity contribution < 1.29 is 27.5 Å². The number of sulfone groups is 1. The number of amides is 2. The highest BCUT2D eigenvalue weighted by Gasteiger charge is 2.38. The van der Waals surface area contributed by atoms with Gasteiger partial charge in [0.05, 0.1) is 23.3 Å². The number of benzene rings is 3. The van der Waals surface area contributed by atoms with E-state index in [0.717, 1.165) is 21.6 Å². The number of anilines is 1. The summed E-state index contributed by atoms with van der Waals surface area (Å²) in [6.45, 7) is 9.36. The van der Waals surface area contributed by atoms with Gasteiger partial charge in [0, 0.05) is 31.7 Å². The van der Waals surface area contributed by atoms with Crippen LogP contribution in [0.15, 0.2) is 76.1 Å². The third-order valence-corrected chi connectivity index (χ3v) is 12.2. The van der Waals surface area contributed by atoms with Crippen LogP contribution >= 0.6 is 15.9 Å². The molecule has 2 amide bonds. The van der Waals surface area contributed by atoms with Crippen LogP contribution in [0.5, 0.6) is 5.75 Å². The van der Waals surface area contributed by atoms with Gasteiger partial charge in [-0.15, -0.1) is 0 Å². The second-order valence-electron chi connectivity index (χ2n) is 13.0. The number of nitrogens with zero attached hydrogens (tertiary/aromatic N) is 1. The summed E-state index contributed by atoms with van der Waals surface area (Å²) >= 11 is 3.54. The Morgan fingerprint density at radius 1 is 1.04 bits per heavy atom. The molecule has 0 bridgehead atoms. The lowest BCUT2D eigenvalue weighted by Gasteiger charge is -2.21. The zero-order valence-corrected chi connectivity index (χ0v) is 30.0. The molecule has 3 aromatic carbocycles. The quantitative estimate of drug-likeness (QED) is 0.170. The van der Waals surface area contributed by atoms with Crippen LogP contribution in [-0.4, -0.2) is 52.3 Å². The second-order valence-corrected chi connectivity index (χ2v) is 21.7. The van der Waals surface area contributed by atoms with Gasteiger partial charge in [0.2, 0.25) is 5.91 Å². The number of hydrogen-bond acceptors (Lipinski definition) is 6. The SMILES string of the molecule is C[C@@H](CC(=O)Nc1ccc(S(=O)(=O)C2CC2)c(CN(C)C(=O)OCC[Si](C)(C)C)c1)c1cc(Br)ccc1OCc1ccccc1. The number of carbonyl (C=O) groups excluding carboxylic acids is 2. The van der Waals surface area contributed by atoms with Crippen LogP contribution in [0.1, 0.15) is 48.8 Å². The topological polar surface area (TPSA) is 102 Å². The Kier molecular flexibility index (Phi) is 11.5. The fourth-order valence-electron chi connectivity index (χ4n) is 4.86. The minimum absolute atomic E-state index is 0.0351. The van der Waals surface area contributed by atoms with Gasteiger partial charge in [-0.1, -0.05) is 72.8 Å². The Balaban J connectivity index is 1.46. The van der Waals surface area contributed by atoms with E-state index in [2.05, 4.69) is 40.9 Å². The lowest BCUT2D eigenvalue weighted by Crippen LogP contribution is -2.30. The molecule has 242 valence electrons. The van der Waals surface area contributed by atoms with Crippen molar-refractivity contribution >= 4 is 51.5 Å². The molecule has 45 heavy (non-hydrogen) atoms. The normalized spacial score (nSPS) is 14.0. The lowest BCUT2D eigenvalue weighted by atomic mass is 9.96. The molecule has 1 saturated carbocycles. The van der Waals surface area contributed by atoms with E-state index < -0.39 is 29.3 Å². The molecule has 1 N–H and O–H groups in total. The van der Waals surface area contributed by atoms with Crippen molar-refractivity contribution in [3.63, 3.8) is 0 Å². The molecule has 0 radical (unpaired) electrons. The molecule has 0 unspecified atom stereocenters. The fraction of sp³-hybridized carbons (Fsp3) is 0.412. The molecule has 1 aliphatic carbocycles. The van der Waals surface area contributed by atoms with Gasteiger partial charge in [-0.25, -0.2) is 13.2 Å². The highest BCUT2D eigenvalue weighted by molar-refractivity contribution is 9.10. The first-order valence-electron chi connectivity index (χ1n) is 15.2. The van der Waals surface area contributed by atoms with E-state index in [0.29, 0.717) is 43.1 Å². The highest BCUT2D eigenvalue weighted by atomic mass is 79.9. The van der Waals surface area contributed by atoms with E-state index in [9.17, 15) is 18.0 Å². The minimum atomic E-state index is -3.54. The van der Waals surface area contributed by atoms with Crippen LogP contribution in [0, 0.1) is 0 Å². The van der Waals surface area contributed by atoms with Gasteiger partial charge >= 0.3 is 6.09 Å². The van der Waals surface area contributed by atoms with Crippen molar-refractivity contribution in [3.8, 4) is 5.75 Å². The average Bonchev–Trinajstić information content (AvgIpc) is 3.83. The van der Waals surface area contributed by atoms with Crippen LogP contribution < -0.4 is 10.1 Å². The van der Waals surface area contributed by atoms with E-state index >= 15 is 0 Å². The second kappa shape index (κ2) is 15.0. The van der Waals surface area contributed by atoms with Crippen molar-refractivity contribution in [1.29, 1.82) is 0 Å². The summed E-state index contributed by atoms with van der Waals surface area (Å²) in [5.74, 6) is 0.317. The van der Waals surface area contributed by atoms with E-state index in [1.165, 1.54) is 11.0 Å². The summed E-state index contributed by atoms with van der Waals surface area (Å²) in [4.78, 5) is 27.5. The third-order valence-electron chi connectivity index (χ3n) is 7.64. The van der Waals surface area contributed by atoms with E-state index in [1.807, 2.05) is 55.5 Å². The number of carbonyl (C=O) groups is 2. The maximum Gasteiger partial charge on any atom is 0.409 e. The molecular weight excluding hydrogens is 672 g/mol. The van der Waals surface area contributed by atoms with Crippen LogP contribution in [0.4, 0.5) is 10.5 Å². The van der Waals surface area contributed by atoms with Crippen molar-refractivity contribution in [2.75, 3.05) is 19.0 Å². The Morgan fingerprint density at radius 3 is 2.42 bits per heavy atom. The number of halogens is 1. The number of ether oxygens (including phenoxy) is 2. The predicted octanol–water partition coefficient (Wildman–Crippen LogP) is 8.00. The zero-order valence-electron chi connectivity index (χ0n) is 26.6. The zero-order chi connectivity index (χ0) is 32.8. The molecule has 0 aliphatic heterocycles. The molecule has 1 fully saturated rings. The molecule has 4 rings (SSSR count). The summed E-state index contributed by atoms with van der Waals surface area (Å²) in [6, 6.07) is 21.3. The molecule has 8 nitrogen and oxygen atoms in total. The number of hydrogen-bond donors (Lipinski definition) is 1. The van der Waals surface area contributed by atoms with E-state index in [1.54, 1.807) is 19.2 Å². The van der Waals surface area contributed by atoms with E-state index in [-0.39, 0.29) is 29.7 Å². The fourth-order valence-corrected chi connectivity index (χ4v) is 7.82. The van der Waals surface area contributed by atoms with Gasteiger partial charge in [0.1, 0.15) is 12.4 Å². The molecule has 0 aromatic heterocycles. The number of nitrogens with one attached hydrogen (secondary N) is 1. The van der Waals surface area contributed by atoms with Gasteiger partial charge in [0.15, 0.2) is 9.84 Å². The van der Waals surface area contributed by atoms with Crippen molar-refractivity contribution in [2.24, 2.45) is 0 Å². The van der Waals surface area contributed by atoms with Gasteiger partial charge < -0.3 is 19.7 Å². The Bertz CT molecular complexity index is 1610. The summed E-state index contributed by atoms with van der Waals surface area (Å²) in [6.07, 6.45) is 0.920. The third kappa shape index (κ3) is 10.2. The van der Waals surface area contributed by atoms with Crippen molar-refractivity contribution in [3.05, 3.63) is 87.9 Å². The van der Waals surface area contributed by atoms with Gasteiger partial charge in [0.25, 0.3) is 0 Å². The first-order valence-corrected chi connectivity index (χ1v) is 21.3. The first-order chi connectivity index (χ1) is 21.2. The van der Waals surface area contributed by atoms with Crippen molar-refractivity contribution in [1.82, 2.24) is 4.90 Å². The van der Waals surface area contributed by atoms with Crippen LogP contribution in [-0.2, 0) is 32.5 Å². The van der Waals surface area contributed by atoms with Gasteiger partial charge in [-0.05, 0) is 77.9 Å². The molecule has 3 aromatic rings. The minimum Gasteiger partial charge on any atom is -0.489 e. The summed E-state index contributed by atoms with van der Waals surface area (Å²) < 4.78 is 39.0. The Hall–Kier alpha value is -3.15. The van der Waals surface area contributed by atoms with Gasteiger partial charge in [-0.2, -0.15) is 0 Å². The highest BCUT2D eigenvalue weighted by Crippen LogP contribution is 2.36. The Morgan fingerprint density at radius 2 is 1.76 bits per heavy atom. The Labute approximate surface area is 276 Å². The van der Waals surface area contributed by atoms with Crippen molar-refractivity contribution in [2.45, 2.75) is 81.1 Å². The van der Waals surface area contributed by atoms with Gasteiger partial charge in [-0.3, -0.25) is 4.79 Å². The molecule has 1 atom stereocenters. The maximum atomic E-state index is 13.3. The van der Waals surface area contributed by atoms with Crippen LogP contribution in [0.25, 0.3) is 0 Å². The molecule has 11 heteroatoms. The standard InChI is InChI=1S/C34H43BrN2O6SSi/c1-24(30-21-27(35)11-15-31(30)43-23-25-9-7-6-8-10-25)19-33(38)36-28-12-16-32(44(40,41)29-13-14-29)26(20-28)22-37(2)34(39)42-17-18-45(3,4)5/h6-12,15-16,20-21,24,29H,13-14,17-19,22-23H2,1-5H3,(H,36,38)/t24-/m0/s1. The predicted molar refractivity (Wildman–Crippen MR) is 184 cm³/mol. The number of rotatable bonds is 14. The molecular formula is C34H43BrN2O6SSi. The maximum absolute atomic E-state index is 13.3. The van der Waals surface area contributed by atoms with Crippen LogP contribution in [0.2, 0.25) is 25.7 Å². The monoisotopic (exact) mass is 714 g/mol. The smallest absolute Gasteiger partial charge is 0.409 e. The largest absolute Gasteiger partial charge is 0.489 e. The molecule has 0 spiro atoms. The summed E-state index contributed by atoms with van der Waals surface area (Å²) in [5, 5.41) is 2.53. The summed E-state index contributed by atoms with van der Waals surface area (Å²) in [5.41, 5.74) is 2.86. The summed E-state index contributed by atoms with van der Waals surface area (Å²) in [7, 11) is -3.33. The molecule has 1 aliphatic rings. The average molecular weight is 716 g/mol. The molecule has 0 heterocycles. The lowest BCUT2D eigenvalue weighted by molar-refractivity contribution is -0.116. The van der Waals surface area contributed by atoms with Crippen LogP contribution in [0.3, 0.4) is 0 Å². The van der Waals surface area contributed by atoms with E-state index in [4.69, 9.17) is 9.47 Å². The first kappa shape index (κ1) is 34.7. The molecule has 0 saturated heterocycles.